The molecule has 2 saturated heterocycles. The highest BCUT2D eigenvalue weighted by atomic mass is 35.5. The Kier molecular flexibility index (Phi) is 6.75. The number of piperidine rings is 1. The minimum Gasteiger partial charge on any atom is -0.434 e. The summed E-state index contributed by atoms with van der Waals surface area (Å²) in [5.41, 5.74) is 4.22. The predicted octanol–water partition coefficient (Wildman–Crippen LogP) is 3.40. The lowest BCUT2D eigenvalue weighted by Gasteiger charge is -2.31. The number of hydrogen-bond acceptors (Lipinski definition) is 7. The van der Waals surface area contributed by atoms with Crippen LogP contribution >= 0.6 is 11.6 Å². The van der Waals surface area contributed by atoms with Gasteiger partial charge < -0.3 is 19.5 Å². The summed E-state index contributed by atoms with van der Waals surface area (Å²) in [7, 11) is 0. The number of aliphatic hydroxyl groups excluding tert-OH is 1. The standard InChI is InChI=1S/C24H26ClN5O4/c25-17-5-3-15(4-6-17)22-21(18-7-10-26-24(27-18)34-20-2-1-13-33-20)23(29-28-22)16-8-11-30(12-9-16)19(32)14-31/h3-7,10,16,20,31H,1-2,8-9,11-14H2,(H,28,29). The fourth-order valence-electron chi connectivity index (χ4n) is 4.54. The minimum absolute atomic E-state index is 0.156. The molecule has 9 nitrogen and oxygen atoms in total. The van der Waals surface area contributed by atoms with Gasteiger partial charge in [0, 0.05) is 53.5 Å². The zero-order valence-corrected chi connectivity index (χ0v) is 19.4. The number of halogens is 1. The number of ether oxygens (including phenoxy) is 2. The third-order valence-electron chi connectivity index (χ3n) is 6.32. The highest BCUT2D eigenvalue weighted by Gasteiger charge is 2.29. The smallest absolute Gasteiger partial charge is 0.319 e. The lowest BCUT2D eigenvalue weighted by molar-refractivity contribution is -0.135. The number of nitrogens with one attached hydrogen (secondary N) is 1. The zero-order valence-electron chi connectivity index (χ0n) is 18.6. The van der Waals surface area contributed by atoms with Crippen molar-refractivity contribution in [2.24, 2.45) is 0 Å². The van der Waals surface area contributed by atoms with Crippen molar-refractivity contribution in [3.8, 4) is 28.5 Å². The Hall–Kier alpha value is -3.01. The number of aromatic amines is 1. The van der Waals surface area contributed by atoms with Crippen LogP contribution in [0.25, 0.3) is 22.5 Å². The number of likely N-dealkylation sites (tertiary alicyclic amines) is 1. The van der Waals surface area contributed by atoms with Crippen molar-refractivity contribution in [2.45, 2.75) is 37.9 Å². The lowest BCUT2D eigenvalue weighted by atomic mass is 9.89. The van der Waals surface area contributed by atoms with E-state index in [1.54, 1.807) is 11.1 Å². The topological polar surface area (TPSA) is 113 Å². The molecule has 0 saturated carbocycles. The van der Waals surface area contributed by atoms with Crippen molar-refractivity contribution < 1.29 is 19.4 Å². The molecular formula is C24H26ClN5O4. The molecule has 3 aromatic rings. The van der Waals surface area contributed by atoms with E-state index in [1.807, 2.05) is 30.3 Å². The molecule has 1 amide bonds. The van der Waals surface area contributed by atoms with Gasteiger partial charge in [0.1, 0.15) is 12.3 Å². The number of H-pyrrole nitrogens is 1. The number of amides is 1. The maximum absolute atomic E-state index is 11.9. The summed E-state index contributed by atoms with van der Waals surface area (Å²) < 4.78 is 11.4. The van der Waals surface area contributed by atoms with E-state index >= 15 is 0 Å². The van der Waals surface area contributed by atoms with E-state index in [4.69, 9.17) is 26.1 Å². The van der Waals surface area contributed by atoms with E-state index in [1.165, 1.54) is 0 Å². The van der Waals surface area contributed by atoms with Gasteiger partial charge in [0.2, 0.25) is 12.2 Å². The molecule has 2 aliphatic heterocycles. The van der Waals surface area contributed by atoms with Gasteiger partial charge in [-0.15, -0.1) is 0 Å². The normalized spacial score (nSPS) is 18.9. The maximum Gasteiger partial charge on any atom is 0.319 e. The van der Waals surface area contributed by atoms with Crippen LogP contribution in [0.1, 0.15) is 37.3 Å². The average molecular weight is 484 g/mol. The molecule has 4 heterocycles. The van der Waals surface area contributed by atoms with Crippen LogP contribution in [0, 0.1) is 0 Å². The van der Waals surface area contributed by atoms with Gasteiger partial charge in [0.25, 0.3) is 0 Å². The van der Waals surface area contributed by atoms with Crippen LogP contribution in [0.5, 0.6) is 6.01 Å². The second-order valence-corrected chi connectivity index (χ2v) is 8.90. The molecule has 178 valence electrons. The van der Waals surface area contributed by atoms with Crippen molar-refractivity contribution in [3.05, 3.63) is 47.2 Å². The number of carbonyl (C=O) groups excluding carboxylic acids is 1. The number of carbonyl (C=O) groups is 1. The first-order valence-electron chi connectivity index (χ1n) is 11.5. The number of nitrogens with zero attached hydrogens (tertiary/aromatic N) is 4. The van der Waals surface area contributed by atoms with Crippen LogP contribution in [-0.4, -0.2) is 68.7 Å². The molecule has 10 heteroatoms. The van der Waals surface area contributed by atoms with Crippen LogP contribution in [0.15, 0.2) is 36.5 Å². The summed E-state index contributed by atoms with van der Waals surface area (Å²) in [6.45, 7) is 1.37. The number of aliphatic hydroxyl groups is 1. The second kappa shape index (κ2) is 10.1. The summed E-state index contributed by atoms with van der Waals surface area (Å²) in [6.07, 6.45) is 4.62. The van der Waals surface area contributed by atoms with Crippen molar-refractivity contribution in [2.75, 3.05) is 26.3 Å². The predicted molar refractivity (Wildman–Crippen MR) is 125 cm³/mol. The largest absolute Gasteiger partial charge is 0.434 e. The first-order valence-corrected chi connectivity index (χ1v) is 11.8. The molecule has 1 atom stereocenters. The Morgan fingerprint density at radius 1 is 1.21 bits per heavy atom. The van der Waals surface area contributed by atoms with Gasteiger partial charge >= 0.3 is 6.01 Å². The van der Waals surface area contributed by atoms with Crippen LogP contribution < -0.4 is 4.74 Å². The fraction of sp³-hybridized carbons (Fsp3) is 0.417. The van der Waals surface area contributed by atoms with Gasteiger partial charge in [-0.05, 0) is 37.5 Å². The SMILES string of the molecule is O=C(CO)N1CCC(c2[nH]nc(-c3ccc(Cl)cc3)c2-c2ccnc(OC3CCCO3)n2)CC1. The summed E-state index contributed by atoms with van der Waals surface area (Å²) >= 11 is 6.11. The van der Waals surface area contributed by atoms with Crippen LogP contribution in [-0.2, 0) is 9.53 Å². The molecule has 1 unspecified atom stereocenters. The summed E-state index contributed by atoms with van der Waals surface area (Å²) in [6, 6.07) is 9.64. The molecular weight excluding hydrogens is 458 g/mol. The summed E-state index contributed by atoms with van der Waals surface area (Å²) in [5, 5.41) is 17.7. The Bertz CT molecular complexity index is 1140. The van der Waals surface area contributed by atoms with Crippen molar-refractivity contribution >= 4 is 17.5 Å². The van der Waals surface area contributed by atoms with Gasteiger partial charge in [-0.25, -0.2) is 4.98 Å². The first kappa shape index (κ1) is 22.8. The number of rotatable bonds is 6. The van der Waals surface area contributed by atoms with Gasteiger partial charge in [-0.3, -0.25) is 9.89 Å². The minimum atomic E-state index is -0.463. The van der Waals surface area contributed by atoms with E-state index in [2.05, 4.69) is 15.2 Å². The Morgan fingerprint density at radius 3 is 2.71 bits per heavy atom. The van der Waals surface area contributed by atoms with E-state index in [0.29, 0.717) is 30.4 Å². The summed E-state index contributed by atoms with van der Waals surface area (Å²) in [5.74, 6) is -0.0827. The first-order chi connectivity index (χ1) is 16.6. The zero-order chi connectivity index (χ0) is 23.5. The van der Waals surface area contributed by atoms with E-state index in [0.717, 1.165) is 48.2 Å². The maximum atomic E-state index is 11.9. The molecule has 2 N–H and O–H groups in total. The van der Waals surface area contributed by atoms with E-state index in [-0.39, 0.29) is 24.1 Å². The fourth-order valence-corrected chi connectivity index (χ4v) is 4.67. The van der Waals surface area contributed by atoms with E-state index in [9.17, 15) is 9.90 Å². The van der Waals surface area contributed by atoms with Crippen LogP contribution in [0.2, 0.25) is 5.02 Å². The Labute approximate surface area is 202 Å². The number of hydrogen-bond donors (Lipinski definition) is 2. The molecule has 2 aliphatic rings. The van der Waals surface area contributed by atoms with Gasteiger partial charge in [-0.1, -0.05) is 23.7 Å². The summed E-state index contributed by atoms with van der Waals surface area (Å²) in [4.78, 5) is 22.6. The lowest BCUT2D eigenvalue weighted by Crippen LogP contribution is -2.39. The average Bonchev–Trinajstić information content (AvgIpc) is 3.54. The Balaban J connectivity index is 1.50. The van der Waals surface area contributed by atoms with Crippen molar-refractivity contribution in [3.63, 3.8) is 0 Å². The monoisotopic (exact) mass is 483 g/mol. The molecule has 2 aromatic heterocycles. The highest BCUT2D eigenvalue weighted by Crippen LogP contribution is 2.39. The van der Waals surface area contributed by atoms with Gasteiger partial charge in [-0.2, -0.15) is 10.1 Å². The quantitative estimate of drug-likeness (QED) is 0.552. The third kappa shape index (κ3) is 4.77. The molecule has 5 rings (SSSR count). The van der Waals surface area contributed by atoms with Crippen molar-refractivity contribution in [1.82, 2.24) is 25.1 Å². The molecule has 0 aliphatic carbocycles. The third-order valence-corrected chi connectivity index (χ3v) is 6.57. The van der Waals surface area contributed by atoms with Gasteiger partial charge in [0.15, 0.2) is 0 Å². The second-order valence-electron chi connectivity index (χ2n) is 8.47. The molecule has 1 aromatic carbocycles. The van der Waals surface area contributed by atoms with Crippen molar-refractivity contribution in [1.29, 1.82) is 0 Å². The molecule has 2 fully saturated rings. The molecule has 34 heavy (non-hydrogen) atoms. The van der Waals surface area contributed by atoms with Gasteiger partial charge in [0.05, 0.1) is 12.3 Å². The number of benzene rings is 1. The molecule has 0 radical (unpaired) electrons. The van der Waals surface area contributed by atoms with Crippen LogP contribution in [0.4, 0.5) is 0 Å². The van der Waals surface area contributed by atoms with Crippen LogP contribution in [0.3, 0.4) is 0 Å². The Morgan fingerprint density at radius 2 is 2.00 bits per heavy atom. The molecule has 0 bridgehead atoms. The van der Waals surface area contributed by atoms with E-state index < -0.39 is 6.61 Å². The highest BCUT2D eigenvalue weighted by molar-refractivity contribution is 6.30. The number of aromatic nitrogens is 4. The molecule has 0 spiro atoms.